The van der Waals surface area contributed by atoms with Crippen molar-refractivity contribution in [1.82, 2.24) is 0 Å². The molecule has 0 saturated heterocycles. The molecule has 0 bridgehead atoms. The van der Waals surface area contributed by atoms with Crippen LogP contribution in [0, 0.1) is 0 Å². The van der Waals surface area contributed by atoms with Gasteiger partial charge in [-0.05, 0) is 18.2 Å². The highest BCUT2D eigenvalue weighted by atomic mass is 79.9. The Bertz CT molecular complexity index is 286. The summed E-state index contributed by atoms with van der Waals surface area (Å²) in [5, 5.41) is 0. The van der Waals surface area contributed by atoms with E-state index in [1.807, 2.05) is 0 Å². The highest BCUT2D eigenvalue weighted by Gasteiger charge is 2.02. The summed E-state index contributed by atoms with van der Waals surface area (Å²) in [5.41, 5.74) is 0.577. The Morgan fingerprint density at radius 3 is 2.23 bits per heavy atom. The zero-order valence-corrected chi connectivity index (χ0v) is 9.16. The molecular weight excluding hydrogens is 236 g/mol. The third-order valence-electron chi connectivity index (χ3n) is 1.54. The molecule has 0 aliphatic heterocycles. The molecule has 0 aliphatic carbocycles. The molecule has 3 nitrogen and oxygen atoms in total. The molecule has 1 aromatic carbocycles. The molecular formula is C9H11BrO3. The summed E-state index contributed by atoms with van der Waals surface area (Å²) >= 11 is 0. The van der Waals surface area contributed by atoms with Gasteiger partial charge in [0, 0.05) is 5.56 Å². The number of methoxy groups -OCH3 is 2. The highest BCUT2D eigenvalue weighted by Crippen LogP contribution is 2.26. The molecule has 0 fully saturated rings. The maximum atomic E-state index is 10.4. The lowest BCUT2D eigenvalue weighted by Crippen LogP contribution is -1.91. The van der Waals surface area contributed by atoms with Gasteiger partial charge in [-0.1, -0.05) is 0 Å². The molecule has 0 N–H and O–H groups in total. The number of hydrogen-bond acceptors (Lipinski definition) is 3. The van der Waals surface area contributed by atoms with Crippen LogP contribution in [0.2, 0.25) is 0 Å². The van der Waals surface area contributed by atoms with E-state index in [1.165, 1.54) is 7.11 Å². The second kappa shape index (κ2) is 5.59. The second-order valence-corrected chi connectivity index (χ2v) is 2.23. The lowest BCUT2D eigenvalue weighted by Gasteiger charge is -2.06. The minimum atomic E-state index is 0. The molecule has 0 unspecified atom stereocenters. The van der Waals surface area contributed by atoms with E-state index in [0.717, 1.165) is 6.29 Å². The minimum absolute atomic E-state index is 0. The van der Waals surface area contributed by atoms with Gasteiger partial charge in [0.25, 0.3) is 0 Å². The number of aldehydes is 1. The Kier molecular flexibility index (Phi) is 5.14. The number of benzene rings is 1. The van der Waals surface area contributed by atoms with E-state index in [-0.39, 0.29) is 17.0 Å². The van der Waals surface area contributed by atoms with Gasteiger partial charge >= 0.3 is 0 Å². The van der Waals surface area contributed by atoms with Crippen molar-refractivity contribution in [3.05, 3.63) is 23.8 Å². The van der Waals surface area contributed by atoms with Crippen molar-refractivity contribution in [3.63, 3.8) is 0 Å². The first kappa shape index (κ1) is 12.0. The predicted octanol–water partition coefficient (Wildman–Crippen LogP) is 2.09. The first-order valence-electron chi connectivity index (χ1n) is 3.49. The topological polar surface area (TPSA) is 35.5 Å². The standard InChI is InChI=1S/C9H10O3.BrH/c1-11-8-4-3-7(6-10)5-9(8)12-2;/h3-6H,1-2H3;1H. The van der Waals surface area contributed by atoms with E-state index in [9.17, 15) is 4.79 Å². The predicted molar refractivity (Wildman–Crippen MR) is 55.3 cm³/mol. The number of carbonyl (C=O) groups excluding carboxylic acids is 1. The fourth-order valence-corrected chi connectivity index (χ4v) is 0.926. The maximum absolute atomic E-state index is 10.4. The molecule has 13 heavy (non-hydrogen) atoms. The zero-order valence-electron chi connectivity index (χ0n) is 7.44. The number of ether oxygens (including phenoxy) is 2. The molecule has 1 aromatic rings. The SMILES string of the molecule is Br.COc1ccc(C=O)cc1OC. The van der Waals surface area contributed by atoms with Gasteiger partial charge in [-0.3, -0.25) is 4.79 Å². The average molecular weight is 247 g/mol. The molecule has 1 rings (SSSR count). The largest absolute Gasteiger partial charge is 0.493 e. The number of halogens is 1. The van der Waals surface area contributed by atoms with Crippen molar-refractivity contribution in [1.29, 1.82) is 0 Å². The van der Waals surface area contributed by atoms with Gasteiger partial charge in [0.2, 0.25) is 0 Å². The quantitative estimate of drug-likeness (QED) is 0.767. The summed E-state index contributed by atoms with van der Waals surface area (Å²) in [5.74, 6) is 1.20. The van der Waals surface area contributed by atoms with Crippen LogP contribution in [0.15, 0.2) is 18.2 Å². The third-order valence-corrected chi connectivity index (χ3v) is 1.54. The smallest absolute Gasteiger partial charge is 0.161 e. The van der Waals surface area contributed by atoms with E-state index in [0.29, 0.717) is 17.1 Å². The third kappa shape index (κ3) is 2.73. The lowest BCUT2D eigenvalue weighted by molar-refractivity contribution is 0.112. The van der Waals surface area contributed by atoms with E-state index >= 15 is 0 Å². The van der Waals surface area contributed by atoms with Crippen LogP contribution < -0.4 is 9.47 Å². The van der Waals surface area contributed by atoms with Crippen molar-refractivity contribution in [2.45, 2.75) is 0 Å². The van der Waals surface area contributed by atoms with Crippen LogP contribution >= 0.6 is 17.0 Å². The molecule has 0 aromatic heterocycles. The molecule has 0 saturated carbocycles. The normalized spacial score (nSPS) is 8.46. The van der Waals surface area contributed by atoms with Crippen molar-refractivity contribution < 1.29 is 14.3 Å². The van der Waals surface area contributed by atoms with E-state index in [1.54, 1.807) is 25.3 Å². The number of carbonyl (C=O) groups is 1. The van der Waals surface area contributed by atoms with Crippen LogP contribution in [0.3, 0.4) is 0 Å². The number of hydrogen-bond donors (Lipinski definition) is 0. The van der Waals surface area contributed by atoms with E-state index in [2.05, 4.69) is 0 Å². The fourth-order valence-electron chi connectivity index (χ4n) is 0.926. The molecule has 72 valence electrons. The van der Waals surface area contributed by atoms with Crippen LogP contribution in [0.4, 0.5) is 0 Å². The Hall–Kier alpha value is -1.03. The Balaban J connectivity index is 0.00000144. The monoisotopic (exact) mass is 246 g/mol. The molecule has 0 heterocycles. The van der Waals surface area contributed by atoms with Crippen LogP contribution in [-0.4, -0.2) is 20.5 Å². The van der Waals surface area contributed by atoms with Gasteiger partial charge in [0.1, 0.15) is 6.29 Å². The molecule has 0 amide bonds. The zero-order chi connectivity index (χ0) is 8.97. The molecule has 0 radical (unpaired) electrons. The van der Waals surface area contributed by atoms with Gasteiger partial charge in [-0.2, -0.15) is 0 Å². The van der Waals surface area contributed by atoms with Crippen molar-refractivity contribution in [3.8, 4) is 11.5 Å². The molecule has 0 spiro atoms. The summed E-state index contributed by atoms with van der Waals surface area (Å²) in [6.45, 7) is 0. The van der Waals surface area contributed by atoms with Crippen molar-refractivity contribution in [2.75, 3.05) is 14.2 Å². The molecule has 4 heteroatoms. The summed E-state index contributed by atoms with van der Waals surface area (Å²) in [6, 6.07) is 5.00. The fraction of sp³-hybridized carbons (Fsp3) is 0.222. The van der Waals surface area contributed by atoms with Crippen LogP contribution in [0.25, 0.3) is 0 Å². The van der Waals surface area contributed by atoms with Gasteiger partial charge in [0.15, 0.2) is 11.5 Å². The highest BCUT2D eigenvalue weighted by molar-refractivity contribution is 8.93. The van der Waals surface area contributed by atoms with Gasteiger partial charge in [-0.25, -0.2) is 0 Å². The number of rotatable bonds is 3. The molecule has 0 aliphatic rings. The first-order chi connectivity index (χ1) is 5.81. The van der Waals surface area contributed by atoms with E-state index < -0.39 is 0 Å². The summed E-state index contributed by atoms with van der Waals surface area (Å²) < 4.78 is 9.99. The Morgan fingerprint density at radius 1 is 1.15 bits per heavy atom. The lowest BCUT2D eigenvalue weighted by atomic mass is 10.2. The second-order valence-electron chi connectivity index (χ2n) is 2.23. The summed E-state index contributed by atoms with van der Waals surface area (Å²) in [7, 11) is 3.09. The van der Waals surface area contributed by atoms with Crippen LogP contribution in [-0.2, 0) is 0 Å². The first-order valence-corrected chi connectivity index (χ1v) is 3.49. The maximum Gasteiger partial charge on any atom is 0.161 e. The van der Waals surface area contributed by atoms with Crippen molar-refractivity contribution >= 4 is 23.3 Å². The van der Waals surface area contributed by atoms with Crippen LogP contribution in [0.1, 0.15) is 10.4 Å². The minimum Gasteiger partial charge on any atom is -0.493 e. The van der Waals surface area contributed by atoms with E-state index in [4.69, 9.17) is 9.47 Å². The van der Waals surface area contributed by atoms with Gasteiger partial charge in [0.05, 0.1) is 14.2 Å². The van der Waals surface area contributed by atoms with Crippen molar-refractivity contribution in [2.24, 2.45) is 0 Å². The Labute approximate surface area is 87.4 Å². The van der Waals surface area contributed by atoms with Gasteiger partial charge < -0.3 is 9.47 Å². The molecule has 0 atom stereocenters. The summed E-state index contributed by atoms with van der Waals surface area (Å²) in [4.78, 5) is 10.4. The Morgan fingerprint density at radius 2 is 1.77 bits per heavy atom. The average Bonchev–Trinajstić information content (AvgIpc) is 2.16. The van der Waals surface area contributed by atoms with Gasteiger partial charge in [-0.15, -0.1) is 17.0 Å². The van der Waals surface area contributed by atoms with Crippen LogP contribution in [0.5, 0.6) is 11.5 Å². The summed E-state index contributed by atoms with van der Waals surface area (Å²) in [6.07, 6.45) is 0.766.